The monoisotopic (exact) mass is 296 g/mol. The molecule has 1 aromatic heterocycles. The summed E-state index contributed by atoms with van der Waals surface area (Å²) in [6.07, 6.45) is 0. The lowest BCUT2D eigenvalue weighted by atomic mass is 9.99. The van der Waals surface area contributed by atoms with E-state index in [0.717, 1.165) is 11.4 Å². The molecule has 0 saturated heterocycles. The number of aryl methyl sites for hydroxylation is 2. The van der Waals surface area contributed by atoms with Gasteiger partial charge in [-0.2, -0.15) is 0 Å². The first kappa shape index (κ1) is 12.7. The number of rotatable bonds is 1. The highest BCUT2D eigenvalue weighted by molar-refractivity contribution is 6.48. The number of benzene rings is 2. The number of hydrogen-bond acceptors (Lipinski definition) is 1. The summed E-state index contributed by atoms with van der Waals surface area (Å²) in [4.78, 5) is 8.49. The number of fused-ring (bicyclic) bond motifs is 4. The molecule has 2 heterocycles. The lowest BCUT2D eigenvalue weighted by Crippen LogP contribution is -2.24. The molecule has 23 heavy (non-hydrogen) atoms. The zero-order valence-electron chi connectivity index (χ0n) is 13.1. The predicted octanol–water partition coefficient (Wildman–Crippen LogP) is 3.13. The maximum Gasteiger partial charge on any atom is 0.0822 e. The Labute approximate surface area is 134 Å². The SMILES string of the molecule is Cc1cc(C)c(C2=c3ccccc3=C3C2=Nc2ccccc23)[nH]1. The maximum absolute atomic E-state index is 4.96. The van der Waals surface area contributed by atoms with Crippen LogP contribution in [-0.2, 0) is 0 Å². The van der Waals surface area contributed by atoms with Gasteiger partial charge in [0.2, 0.25) is 0 Å². The van der Waals surface area contributed by atoms with Gasteiger partial charge in [-0.25, -0.2) is 4.99 Å². The number of H-pyrrole nitrogens is 1. The fraction of sp³-hybridized carbons (Fsp3) is 0.0952. The highest BCUT2D eigenvalue weighted by Crippen LogP contribution is 2.38. The first-order valence-corrected chi connectivity index (χ1v) is 7.93. The molecule has 2 nitrogen and oxygen atoms in total. The first-order valence-electron chi connectivity index (χ1n) is 7.93. The van der Waals surface area contributed by atoms with Gasteiger partial charge in [0.15, 0.2) is 0 Å². The van der Waals surface area contributed by atoms with Crippen molar-refractivity contribution in [1.82, 2.24) is 4.98 Å². The van der Waals surface area contributed by atoms with E-state index in [4.69, 9.17) is 4.99 Å². The Morgan fingerprint density at radius 1 is 0.826 bits per heavy atom. The summed E-state index contributed by atoms with van der Waals surface area (Å²) >= 11 is 0. The Balaban J connectivity index is 1.95. The molecule has 0 spiro atoms. The molecule has 5 rings (SSSR count). The van der Waals surface area contributed by atoms with Crippen molar-refractivity contribution < 1.29 is 0 Å². The summed E-state index contributed by atoms with van der Waals surface area (Å²) in [5, 5.41) is 2.57. The highest BCUT2D eigenvalue weighted by Gasteiger charge is 2.30. The van der Waals surface area contributed by atoms with E-state index < -0.39 is 0 Å². The van der Waals surface area contributed by atoms with Crippen molar-refractivity contribution in [1.29, 1.82) is 0 Å². The second-order valence-corrected chi connectivity index (χ2v) is 6.28. The molecule has 0 bridgehead atoms. The molecule has 2 aromatic carbocycles. The van der Waals surface area contributed by atoms with Crippen molar-refractivity contribution in [3.8, 4) is 0 Å². The second-order valence-electron chi connectivity index (χ2n) is 6.28. The third kappa shape index (κ3) is 1.61. The maximum atomic E-state index is 4.96. The minimum absolute atomic E-state index is 1.07. The molecule has 110 valence electrons. The average molecular weight is 296 g/mol. The van der Waals surface area contributed by atoms with Crippen molar-refractivity contribution in [2.24, 2.45) is 4.99 Å². The Bertz CT molecular complexity index is 1130. The van der Waals surface area contributed by atoms with Gasteiger partial charge in [-0.15, -0.1) is 0 Å². The lowest BCUT2D eigenvalue weighted by molar-refractivity contribution is 1.23. The van der Waals surface area contributed by atoms with Crippen molar-refractivity contribution >= 4 is 22.5 Å². The number of hydrogen-bond donors (Lipinski definition) is 1. The lowest BCUT2D eigenvalue weighted by Gasteiger charge is -2.04. The van der Waals surface area contributed by atoms with E-state index in [1.54, 1.807) is 0 Å². The smallest absolute Gasteiger partial charge is 0.0822 e. The molecule has 0 saturated carbocycles. The van der Waals surface area contributed by atoms with Gasteiger partial charge in [0.1, 0.15) is 0 Å². The van der Waals surface area contributed by atoms with Gasteiger partial charge in [0.05, 0.1) is 17.1 Å². The Kier molecular flexibility index (Phi) is 2.38. The van der Waals surface area contributed by atoms with Gasteiger partial charge in [0, 0.05) is 22.4 Å². The van der Waals surface area contributed by atoms with Crippen LogP contribution in [0.15, 0.2) is 59.6 Å². The summed E-state index contributed by atoms with van der Waals surface area (Å²) in [5.74, 6) is 0. The molecule has 1 aliphatic carbocycles. The zero-order valence-corrected chi connectivity index (χ0v) is 13.1. The minimum Gasteiger partial charge on any atom is -0.358 e. The van der Waals surface area contributed by atoms with Crippen LogP contribution in [-0.4, -0.2) is 10.7 Å². The molecule has 3 aromatic rings. The zero-order chi connectivity index (χ0) is 15.6. The van der Waals surface area contributed by atoms with Gasteiger partial charge in [-0.05, 0) is 42.0 Å². The van der Waals surface area contributed by atoms with Crippen molar-refractivity contribution in [2.45, 2.75) is 13.8 Å². The van der Waals surface area contributed by atoms with Crippen molar-refractivity contribution in [3.05, 3.63) is 87.5 Å². The Morgan fingerprint density at radius 3 is 2.26 bits per heavy atom. The summed E-state index contributed by atoms with van der Waals surface area (Å²) < 4.78 is 0. The number of nitrogens with zero attached hydrogens (tertiary/aromatic N) is 1. The molecule has 0 fully saturated rings. The van der Waals surface area contributed by atoms with E-state index in [9.17, 15) is 0 Å². The van der Waals surface area contributed by atoms with E-state index in [2.05, 4.69) is 73.4 Å². The Morgan fingerprint density at radius 2 is 1.52 bits per heavy atom. The molecule has 0 amide bonds. The third-order valence-electron chi connectivity index (χ3n) is 4.74. The first-order chi connectivity index (χ1) is 11.2. The third-order valence-corrected chi connectivity index (χ3v) is 4.74. The van der Waals surface area contributed by atoms with Crippen LogP contribution in [0.5, 0.6) is 0 Å². The van der Waals surface area contributed by atoms with Gasteiger partial charge >= 0.3 is 0 Å². The van der Waals surface area contributed by atoms with Gasteiger partial charge in [-0.1, -0.05) is 42.5 Å². The largest absolute Gasteiger partial charge is 0.358 e. The fourth-order valence-corrected chi connectivity index (χ4v) is 3.83. The molecular formula is C21H16N2. The standard InChI is InChI=1S/C21H16N2/c1-12-11-13(2)22-20(12)19-15-8-4-3-7-14(15)18-16-9-5-6-10-17(16)23-21(18)19/h3-11,22H,1-2H3. The molecule has 2 heteroatoms. The summed E-state index contributed by atoms with van der Waals surface area (Å²) in [7, 11) is 0. The highest BCUT2D eigenvalue weighted by atomic mass is 14.8. The minimum atomic E-state index is 1.07. The van der Waals surface area contributed by atoms with E-state index >= 15 is 0 Å². The van der Waals surface area contributed by atoms with E-state index in [1.165, 1.54) is 44.1 Å². The van der Waals surface area contributed by atoms with Crippen LogP contribution in [0.25, 0.3) is 11.1 Å². The molecule has 0 radical (unpaired) electrons. The van der Waals surface area contributed by atoms with E-state index in [-0.39, 0.29) is 0 Å². The van der Waals surface area contributed by atoms with Crippen LogP contribution < -0.4 is 10.4 Å². The molecule has 1 aliphatic heterocycles. The molecule has 2 aliphatic rings. The average Bonchev–Trinajstić information content (AvgIpc) is 3.17. The van der Waals surface area contributed by atoms with E-state index in [0.29, 0.717) is 0 Å². The molecule has 0 atom stereocenters. The number of aromatic nitrogens is 1. The van der Waals surface area contributed by atoms with E-state index in [1.807, 2.05) is 0 Å². The van der Waals surface area contributed by atoms with Crippen LogP contribution in [0.2, 0.25) is 0 Å². The normalized spacial score (nSPS) is 14.6. The molecule has 1 N–H and O–H groups in total. The van der Waals surface area contributed by atoms with Crippen LogP contribution >= 0.6 is 0 Å². The number of para-hydroxylation sites is 1. The van der Waals surface area contributed by atoms with Gasteiger partial charge in [0.25, 0.3) is 0 Å². The number of aromatic amines is 1. The van der Waals surface area contributed by atoms with Crippen molar-refractivity contribution in [3.63, 3.8) is 0 Å². The summed E-state index contributed by atoms with van der Waals surface area (Å²) in [6.45, 7) is 4.27. The summed E-state index contributed by atoms with van der Waals surface area (Å²) in [5.41, 5.74) is 9.58. The van der Waals surface area contributed by atoms with Crippen LogP contribution in [0.4, 0.5) is 5.69 Å². The predicted molar refractivity (Wildman–Crippen MR) is 94.5 cm³/mol. The summed E-state index contributed by atoms with van der Waals surface area (Å²) in [6, 6.07) is 19.3. The molecule has 0 unspecified atom stereocenters. The second kappa shape index (κ2) is 4.32. The van der Waals surface area contributed by atoms with Gasteiger partial charge < -0.3 is 4.98 Å². The molecular weight excluding hydrogens is 280 g/mol. The number of aliphatic imine (C=N–C) groups is 1. The topological polar surface area (TPSA) is 28.1 Å². The quantitative estimate of drug-likeness (QED) is 0.715. The van der Waals surface area contributed by atoms with Crippen LogP contribution in [0, 0.1) is 13.8 Å². The van der Waals surface area contributed by atoms with Crippen molar-refractivity contribution in [2.75, 3.05) is 0 Å². The van der Waals surface area contributed by atoms with Crippen LogP contribution in [0.1, 0.15) is 22.5 Å². The van der Waals surface area contributed by atoms with Gasteiger partial charge in [-0.3, -0.25) is 0 Å². The number of nitrogens with one attached hydrogen (secondary N) is 1. The fourth-order valence-electron chi connectivity index (χ4n) is 3.83. The van der Waals surface area contributed by atoms with Crippen LogP contribution in [0.3, 0.4) is 0 Å². The Hall–Kier alpha value is -2.87.